The lowest BCUT2D eigenvalue weighted by molar-refractivity contribution is 0.285. The van der Waals surface area contributed by atoms with Crippen molar-refractivity contribution in [3.8, 4) is 0 Å². The van der Waals surface area contributed by atoms with Crippen molar-refractivity contribution in [1.82, 2.24) is 9.78 Å². The second-order valence-corrected chi connectivity index (χ2v) is 6.67. The Bertz CT molecular complexity index is 494. The maximum absolute atomic E-state index is 12.2. The molecular weight excluding hydrogens is 306 g/mol. The first-order valence-electron chi connectivity index (χ1n) is 7.01. The predicted molar refractivity (Wildman–Crippen MR) is 81.5 cm³/mol. The third-order valence-electron chi connectivity index (χ3n) is 3.76. The number of rotatable bonds is 5. The first-order chi connectivity index (χ1) is 8.99. The van der Waals surface area contributed by atoms with Crippen LogP contribution in [0, 0.1) is 11.8 Å². The van der Waals surface area contributed by atoms with Gasteiger partial charge in [0.05, 0.1) is 11.9 Å². The smallest absolute Gasteiger partial charge is 0.283 e. The summed E-state index contributed by atoms with van der Waals surface area (Å²) < 4.78 is 2.11. The summed E-state index contributed by atoms with van der Waals surface area (Å²) in [4.78, 5) is 12.2. The number of aromatic nitrogens is 2. The molecule has 0 bridgehead atoms. The van der Waals surface area contributed by atoms with Gasteiger partial charge in [-0.15, -0.1) is 0 Å². The first kappa shape index (κ1) is 14.6. The second-order valence-electron chi connectivity index (χ2n) is 5.88. The highest BCUT2D eigenvalue weighted by Gasteiger charge is 2.24. The Morgan fingerprint density at radius 3 is 2.68 bits per heavy atom. The van der Waals surface area contributed by atoms with Crippen LogP contribution in [0.3, 0.4) is 0 Å². The monoisotopic (exact) mass is 327 g/mol. The molecule has 0 aliphatic heterocycles. The quantitative estimate of drug-likeness (QED) is 0.902. The number of nitrogens with zero attached hydrogens (tertiary/aromatic N) is 2. The largest absolute Gasteiger partial charge is 0.380 e. The van der Waals surface area contributed by atoms with E-state index >= 15 is 0 Å². The van der Waals surface area contributed by atoms with E-state index in [2.05, 4.69) is 47.1 Å². The molecule has 1 aromatic rings. The molecule has 1 aromatic heterocycles. The minimum atomic E-state index is -0.0560. The fourth-order valence-corrected chi connectivity index (χ4v) is 2.77. The van der Waals surface area contributed by atoms with Crippen LogP contribution < -0.4 is 10.9 Å². The standard InChI is InChI=1S/C14H22BrN3O/c1-9(2)8-18-14(19)13(15)12(7-16-18)17-10(3)11-5-4-6-11/h7,9-11,17H,4-6,8H2,1-3H3. The van der Waals surface area contributed by atoms with E-state index in [-0.39, 0.29) is 5.56 Å². The molecule has 0 saturated heterocycles. The molecule has 0 spiro atoms. The summed E-state index contributed by atoms with van der Waals surface area (Å²) in [7, 11) is 0. The molecule has 2 rings (SSSR count). The highest BCUT2D eigenvalue weighted by Crippen LogP contribution is 2.31. The van der Waals surface area contributed by atoms with Crippen molar-refractivity contribution >= 4 is 21.6 Å². The van der Waals surface area contributed by atoms with Gasteiger partial charge in [-0.05, 0) is 47.5 Å². The fourth-order valence-electron chi connectivity index (χ4n) is 2.34. The van der Waals surface area contributed by atoms with Crippen LogP contribution >= 0.6 is 15.9 Å². The highest BCUT2D eigenvalue weighted by atomic mass is 79.9. The Morgan fingerprint density at radius 2 is 2.16 bits per heavy atom. The van der Waals surface area contributed by atoms with Gasteiger partial charge in [0.15, 0.2) is 0 Å². The first-order valence-corrected chi connectivity index (χ1v) is 7.80. The van der Waals surface area contributed by atoms with Crippen LogP contribution in [-0.2, 0) is 6.54 Å². The van der Waals surface area contributed by atoms with E-state index in [4.69, 9.17) is 0 Å². The molecule has 4 nitrogen and oxygen atoms in total. The van der Waals surface area contributed by atoms with Gasteiger partial charge in [0.2, 0.25) is 0 Å². The van der Waals surface area contributed by atoms with Crippen LogP contribution in [0.5, 0.6) is 0 Å². The van der Waals surface area contributed by atoms with Crippen molar-refractivity contribution in [2.75, 3.05) is 5.32 Å². The van der Waals surface area contributed by atoms with E-state index < -0.39 is 0 Å². The van der Waals surface area contributed by atoms with Gasteiger partial charge in [0, 0.05) is 12.6 Å². The van der Waals surface area contributed by atoms with Crippen LogP contribution in [0.4, 0.5) is 5.69 Å². The SMILES string of the molecule is CC(C)Cn1ncc(NC(C)C2CCC2)c(Br)c1=O. The van der Waals surface area contributed by atoms with Gasteiger partial charge < -0.3 is 5.32 Å². The van der Waals surface area contributed by atoms with Crippen LogP contribution in [0.25, 0.3) is 0 Å². The van der Waals surface area contributed by atoms with Gasteiger partial charge in [-0.2, -0.15) is 5.10 Å². The van der Waals surface area contributed by atoms with E-state index in [9.17, 15) is 4.79 Å². The van der Waals surface area contributed by atoms with E-state index in [1.807, 2.05) is 0 Å². The zero-order valence-corrected chi connectivity index (χ0v) is 13.4. The van der Waals surface area contributed by atoms with Crippen LogP contribution in [0.15, 0.2) is 15.5 Å². The Labute approximate surface area is 122 Å². The molecule has 19 heavy (non-hydrogen) atoms. The Hall–Kier alpha value is -0.840. The summed E-state index contributed by atoms with van der Waals surface area (Å²) >= 11 is 3.40. The summed E-state index contributed by atoms with van der Waals surface area (Å²) in [6.07, 6.45) is 5.64. The second kappa shape index (κ2) is 6.07. The molecule has 1 aliphatic carbocycles. The van der Waals surface area contributed by atoms with Crippen LogP contribution in [-0.4, -0.2) is 15.8 Å². The number of nitrogens with one attached hydrogen (secondary N) is 1. The average Bonchev–Trinajstić information content (AvgIpc) is 2.26. The fraction of sp³-hybridized carbons (Fsp3) is 0.714. The molecule has 0 amide bonds. The molecule has 0 radical (unpaired) electrons. The molecule has 106 valence electrons. The van der Waals surface area contributed by atoms with E-state index in [0.29, 0.717) is 23.0 Å². The number of hydrogen-bond donors (Lipinski definition) is 1. The topological polar surface area (TPSA) is 46.9 Å². The van der Waals surface area contributed by atoms with Gasteiger partial charge in [-0.3, -0.25) is 4.79 Å². The third-order valence-corrected chi connectivity index (χ3v) is 4.53. The van der Waals surface area contributed by atoms with Gasteiger partial charge >= 0.3 is 0 Å². The average molecular weight is 328 g/mol. The summed E-state index contributed by atoms with van der Waals surface area (Å²) in [6, 6.07) is 0.396. The summed E-state index contributed by atoms with van der Waals surface area (Å²) in [5, 5.41) is 7.66. The van der Waals surface area contributed by atoms with Gasteiger partial charge in [0.1, 0.15) is 4.47 Å². The molecular formula is C14H22BrN3O. The molecule has 0 aromatic carbocycles. The molecule has 1 unspecified atom stereocenters. The van der Waals surface area contributed by atoms with Crippen LogP contribution in [0.2, 0.25) is 0 Å². The van der Waals surface area contributed by atoms with Gasteiger partial charge in [0.25, 0.3) is 5.56 Å². The number of hydrogen-bond acceptors (Lipinski definition) is 3. The third kappa shape index (κ3) is 3.38. The maximum atomic E-state index is 12.2. The number of anilines is 1. The Balaban J connectivity index is 2.13. The lowest BCUT2D eigenvalue weighted by atomic mass is 9.80. The van der Waals surface area contributed by atoms with E-state index in [0.717, 1.165) is 11.6 Å². The summed E-state index contributed by atoms with van der Waals surface area (Å²) in [5.74, 6) is 1.13. The van der Waals surface area contributed by atoms with Gasteiger partial charge in [-0.1, -0.05) is 20.3 Å². The van der Waals surface area contributed by atoms with Crippen molar-refractivity contribution in [1.29, 1.82) is 0 Å². The van der Waals surface area contributed by atoms with Crippen LogP contribution in [0.1, 0.15) is 40.0 Å². The molecule has 1 fully saturated rings. The highest BCUT2D eigenvalue weighted by molar-refractivity contribution is 9.10. The summed E-state index contributed by atoms with van der Waals surface area (Å²) in [5.41, 5.74) is 0.754. The van der Waals surface area contributed by atoms with E-state index in [1.165, 1.54) is 23.9 Å². The molecule has 1 N–H and O–H groups in total. The molecule has 1 saturated carbocycles. The molecule has 1 aliphatic rings. The maximum Gasteiger partial charge on any atom is 0.283 e. The lowest BCUT2D eigenvalue weighted by Gasteiger charge is -2.32. The molecule has 1 heterocycles. The summed E-state index contributed by atoms with van der Waals surface area (Å²) in [6.45, 7) is 6.98. The van der Waals surface area contributed by atoms with Crippen molar-refractivity contribution in [2.24, 2.45) is 11.8 Å². The minimum Gasteiger partial charge on any atom is -0.380 e. The van der Waals surface area contributed by atoms with E-state index in [1.54, 1.807) is 6.20 Å². The van der Waals surface area contributed by atoms with Crippen molar-refractivity contribution in [2.45, 2.75) is 52.6 Å². The molecule has 1 atom stereocenters. The Morgan fingerprint density at radius 1 is 1.47 bits per heavy atom. The Kier molecular flexibility index (Phi) is 4.66. The van der Waals surface area contributed by atoms with Gasteiger partial charge in [-0.25, -0.2) is 4.68 Å². The zero-order valence-electron chi connectivity index (χ0n) is 11.8. The predicted octanol–water partition coefficient (Wildman–Crippen LogP) is 3.26. The normalized spacial score (nSPS) is 17.3. The van der Waals surface area contributed by atoms with Crippen molar-refractivity contribution in [3.63, 3.8) is 0 Å². The van der Waals surface area contributed by atoms with Crippen molar-refractivity contribution < 1.29 is 0 Å². The zero-order chi connectivity index (χ0) is 14.0. The minimum absolute atomic E-state index is 0.0560. The number of halogens is 1. The van der Waals surface area contributed by atoms with Crippen molar-refractivity contribution in [3.05, 3.63) is 21.0 Å². The lowest BCUT2D eigenvalue weighted by Crippen LogP contribution is -2.33. The molecule has 5 heteroatoms.